The molecule has 2 aromatic carbocycles. The molecule has 0 aromatic heterocycles. The molecule has 5 heteroatoms. The Bertz CT molecular complexity index is 646. The Labute approximate surface area is 130 Å². The lowest BCUT2D eigenvalue weighted by Crippen LogP contribution is -2.12. The second-order valence-electron chi connectivity index (χ2n) is 4.58. The highest BCUT2D eigenvalue weighted by molar-refractivity contribution is 9.09. The minimum atomic E-state index is -1.03. The molecule has 0 saturated heterocycles. The van der Waals surface area contributed by atoms with Gasteiger partial charge in [-0.05, 0) is 48.7 Å². The van der Waals surface area contributed by atoms with Crippen molar-refractivity contribution in [2.24, 2.45) is 0 Å². The van der Waals surface area contributed by atoms with Crippen LogP contribution in [0.25, 0.3) is 0 Å². The molecule has 0 spiro atoms. The van der Waals surface area contributed by atoms with Crippen molar-refractivity contribution in [2.75, 3.05) is 10.6 Å². The maximum atomic E-state index is 13.1. The molecule has 0 atom stereocenters. The summed E-state index contributed by atoms with van der Waals surface area (Å²) in [4.78, 5) is 12.0. The van der Waals surface area contributed by atoms with Crippen LogP contribution in [0.3, 0.4) is 0 Å². The van der Waals surface area contributed by atoms with Crippen molar-refractivity contribution >= 4 is 27.5 Å². The molecule has 0 aliphatic rings. The van der Waals surface area contributed by atoms with Gasteiger partial charge in [0.05, 0.1) is 0 Å². The molecule has 0 heterocycles. The molecule has 1 N–H and O–H groups in total. The van der Waals surface area contributed by atoms with E-state index in [-0.39, 0.29) is 5.56 Å². The lowest BCUT2D eigenvalue weighted by Gasteiger charge is -2.07. The van der Waals surface area contributed by atoms with Crippen molar-refractivity contribution in [3.63, 3.8) is 0 Å². The fourth-order valence-corrected chi connectivity index (χ4v) is 2.20. The Balaban J connectivity index is 2.10. The number of anilines is 1. The van der Waals surface area contributed by atoms with Crippen molar-refractivity contribution < 1.29 is 13.6 Å². The van der Waals surface area contributed by atoms with Crippen molar-refractivity contribution in [3.8, 4) is 0 Å². The van der Waals surface area contributed by atoms with Gasteiger partial charge < -0.3 is 5.32 Å². The van der Waals surface area contributed by atoms with Crippen LogP contribution >= 0.6 is 15.9 Å². The molecular weight excluding hydrogens is 340 g/mol. The van der Waals surface area contributed by atoms with E-state index in [1.165, 1.54) is 6.07 Å². The maximum absolute atomic E-state index is 13.1. The fraction of sp³-hybridized carbons (Fsp3) is 0.188. The number of nitrogens with one attached hydrogen (secondary N) is 1. The first-order chi connectivity index (χ1) is 10.1. The number of hydrogen-bond donors (Lipinski definition) is 1. The maximum Gasteiger partial charge on any atom is 0.255 e. The van der Waals surface area contributed by atoms with Gasteiger partial charge in [0.1, 0.15) is 0 Å². The summed E-state index contributed by atoms with van der Waals surface area (Å²) in [6.07, 6.45) is 1.90. The number of aryl methyl sites for hydroxylation is 1. The Hall–Kier alpha value is -1.75. The minimum Gasteiger partial charge on any atom is -0.322 e. The zero-order chi connectivity index (χ0) is 15.2. The Morgan fingerprint density at radius 1 is 1.10 bits per heavy atom. The SMILES string of the molecule is O=C(Nc1cccc(CCCBr)c1)c1ccc(F)c(F)c1. The predicted molar refractivity (Wildman–Crippen MR) is 82.9 cm³/mol. The van der Waals surface area contributed by atoms with Crippen LogP contribution in [-0.2, 0) is 6.42 Å². The first kappa shape index (κ1) is 15.6. The molecule has 0 radical (unpaired) electrons. The molecule has 0 saturated carbocycles. The van der Waals surface area contributed by atoms with Gasteiger partial charge in [0.2, 0.25) is 0 Å². The van der Waals surface area contributed by atoms with Gasteiger partial charge in [-0.25, -0.2) is 8.78 Å². The molecule has 0 fully saturated rings. The Morgan fingerprint density at radius 3 is 2.62 bits per heavy atom. The van der Waals surface area contributed by atoms with Crippen LogP contribution in [0.4, 0.5) is 14.5 Å². The third kappa shape index (κ3) is 4.36. The summed E-state index contributed by atoms with van der Waals surface area (Å²) in [6, 6.07) is 10.6. The highest BCUT2D eigenvalue weighted by Crippen LogP contribution is 2.15. The van der Waals surface area contributed by atoms with Crippen LogP contribution in [0.2, 0.25) is 0 Å². The topological polar surface area (TPSA) is 29.1 Å². The van der Waals surface area contributed by atoms with E-state index >= 15 is 0 Å². The molecule has 0 aliphatic carbocycles. The molecule has 0 bridgehead atoms. The van der Waals surface area contributed by atoms with Crippen molar-refractivity contribution in [1.29, 1.82) is 0 Å². The third-order valence-electron chi connectivity index (χ3n) is 2.97. The summed E-state index contributed by atoms with van der Waals surface area (Å²) >= 11 is 3.37. The van der Waals surface area contributed by atoms with Gasteiger partial charge in [-0.2, -0.15) is 0 Å². The standard InChI is InChI=1S/C16H14BrF2NO/c17-8-2-4-11-3-1-5-13(9-11)20-16(21)12-6-7-14(18)15(19)10-12/h1,3,5-7,9-10H,2,4,8H2,(H,20,21). The monoisotopic (exact) mass is 353 g/mol. The van der Waals surface area contributed by atoms with Crippen molar-refractivity contribution in [1.82, 2.24) is 0 Å². The van der Waals surface area contributed by atoms with E-state index < -0.39 is 17.5 Å². The first-order valence-electron chi connectivity index (χ1n) is 6.51. The van der Waals surface area contributed by atoms with Crippen LogP contribution in [0.1, 0.15) is 22.3 Å². The number of hydrogen-bond acceptors (Lipinski definition) is 1. The minimum absolute atomic E-state index is 0.0831. The summed E-state index contributed by atoms with van der Waals surface area (Å²) in [5.74, 6) is -2.47. The number of carbonyl (C=O) groups excluding carboxylic acids is 1. The molecule has 0 unspecified atom stereocenters. The predicted octanol–water partition coefficient (Wildman–Crippen LogP) is 4.54. The van der Waals surface area contributed by atoms with Crippen LogP contribution in [0.15, 0.2) is 42.5 Å². The summed E-state index contributed by atoms with van der Waals surface area (Å²) in [5, 5.41) is 3.60. The summed E-state index contributed by atoms with van der Waals surface area (Å²) in [5.41, 5.74) is 1.83. The molecule has 110 valence electrons. The van der Waals surface area contributed by atoms with E-state index in [4.69, 9.17) is 0 Å². The van der Waals surface area contributed by atoms with E-state index in [0.29, 0.717) is 5.69 Å². The number of halogens is 3. The van der Waals surface area contributed by atoms with Gasteiger partial charge in [0.25, 0.3) is 5.91 Å². The highest BCUT2D eigenvalue weighted by Gasteiger charge is 2.10. The average Bonchev–Trinajstić information content (AvgIpc) is 2.48. The number of benzene rings is 2. The quantitative estimate of drug-likeness (QED) is 0.785. The average molecular weight is 354 g/mol. The van der Waals surface area contributed by atoms with Gasteiger partial charge >= 0.3 is 0 Å². The van der Waals surface area contributed by atoms with Crippen LogP contribution < -0.4 is 5.32 Å². The normalized spacial score (nSPS) is 10.4. The van der Waals surface area contributed by atoms with Gasteiger partial charge in [0.15, 0.2) is 11.6 Å². The largest absolute Gasteiger partial charge is 0.322 e. The first-order valence-corrected chi connectivity index (χ1v) is 7.63. The molecule has 0 aliphatic heterocycles. The van der Waals surface area contributed by atoms with Crippen molar-refractivity contribution in [2.45, 2.75) is 12.8 Å². The van der Waals surface area contributed by atoms with E-state index in [0.717, 1.165) is 35.9 Å². The summed E-state index contributed by atoms with van der Waals surface area (Å²) in [6.45, 7) is 0. The molecular formula is C16H14BrF2NO. The zero-order valence-corrected chi connectivity index (χ0v) is 12.8. The summed E-state index contributed by atoms with van der Waals surface area (Å²) < 4.78 is 26.0. The molecule has 2 aromatic rings. The third-order valence-corrected chi connectivity index (χ3v) is 3.53. The lowest BCUT2D eigenvalue weighted by molar-refractivity contribution is 0.102. The zero-order valence-electron chi connectivity index (χ0n) is 11.2. The van der Waals surface area contributed by atoms with Gasteiger partial charge in [-0.1, -0.05) is 28.1 Å². The van der Waals surface area contributed by atoms with E-state index in [2.05, 4.69) is 21.2 Å². The fourth-order valence-electron chi connectivity index (χ4n) is 1.92. The van der Waals surface area contributed by atoms with E-state index in [9.17, 15) is 13.6 Å². The van der Waals surface area contributed by atoms with Crippen LogP contribution in [-0.4, -0.2) is 11.2 Å². The highest BCUT2D eigenvalue weighted by atomic mass is 79.9. The summed E-state index contributed by atoms with van der Waals surface area (Å²) in [7, 11) is 0. The van der Waals surface area contributed by atoms with E-state index in [1.807, 2.05) is 18.2 Å². The van der Waals surface area contributed by atoms with Gasteiger partial charge in [-0.3, -0.25) is 4.79 Å². The number of amides is 1. The number of alkyl halides is 1. The second-order valence-corrected chi connectivity index (χ2v) is 5.37. The Kier molecular flexibility index (Phi) is 5.44. The molecule has 2 rings (SSSR count). The number of carbonyl (C=O) groups is 1. The van der Waals surface area contributed by atoms with E-state index in [1.54, 1.807) is 6.07 Å². The van der Waals surface area contributed by atoms with Gasteiger partial charge in [-0.15, -0.1) is 0 Å². The van der Waals surface area contributed by atoms with Crippen LogP contribution in [0.5, 0.6) is 0 Å². The second kappa shape index (κ2) is 7.31. The van der Waals surface area contributed by atoms with Crippen molar-refractivity contribution in [3.05, 3.63) is 65.2 Å². The smallest absolute Gasteiger partial charge is 0.255 e. The van der Waals surface area contributed by atoms with Gasteiger partial charge in [0, 0.05) is 16.6 Å². The molecule has 2 nitrogen and oxygen atoms in total. The lowest BCUT2D eigenvalue weighted by atomic mass is 10.1. The number of rotatable bonds is 5. The Morgan fingerprint density at radius 2 is 1.90 bits per heavy atom. The molecule has 1 amide bonds. The molecule has 21 heavy (non-hydrogen) atoms. The van der Waals surface area contributed by atoms with Crippen LogP contribution in [0, 0.1) is 11.6 Å².